The van der Waals surface area contributed by atoms with E-state index < -0.39 is 11.7 Å². The largest absolute Gasteiger partial charge is 0.320 e. The maximum absolute atomic E-state index is 14.4. The van der Waals surface area contributed by atoms with Crippen molar-refractivity contribution in [3.05, 3.63) is 106 Å². The highest BCUT2D eigenvalue weighted by molar-refractivity contribution is 6.11. The van der Waals surface area contributed by atoms with Gasteiger partial charge in [0, 0.05) is 11.1 Å². The first-order valence-corrected chi connectivity index (χ1v) is 10.4. The van der Waals surface area contributed by atoms with E-state index in [4.69, 9.17) is 0 Å². The molecule has 0 spiro atoms. The molecule has 2 heterocycles. The number of anilines is 1. The molecule has 0 aliphatic carbocycles. The van der Waals surface area contributed by atoms with Crippen LogP contribution in [0.25, 0.3) is 16.5 Å². The second kappa shape index (κ2) is 8.66. The van der Waals surface area contributed by atoms with Crippen molar-refractivity contribution in [1.29, 1.82) is 0 Å². The average molecular weight is 455 g/mol. The molecular formula is C24H18FN7O2. The molecule has 0 atom stereocenters. The van der Waals surface area contributed by atoms with E-state index in [2.05, 4.69) is 25.9 Å². The fourth-order valence-corrected chi connectivity index (χ4v) is 3.66. The maximum atomic E-state index is 14.4. The zero-order valence-electron chi connectivity index (χ0n) is 18.0. The molecule has 0 radical (unpaired) electrons. The molecule has 10 heteroatoms. The topological polar surface area (TPSA) is 108 Å². The number of carbonyl (C=O) groups excluding carboxylic acids is 1. The van der Waals surface area contributed by atoms with Crippen molar-refractivity contribution < 1.29 is 9.18 Å². The number of rotatable bonds is 5. The summed E-state index contributed by atoms with van der Waals surface area (Å²) in [5, 5.41) is 19.0. The molecule has 168 valence electrons. The van der Waals surface area contributed by atoms with Crippen LogP contribution in [0.5, 0.6) is 0 Å². The van der Waals surface area contributed by atoms with Gasteiger partial charge in [-0.1, -0.05) is 48.5 Å². The third kappa shape index (κ3) is 3.92. The quantitative estimate of drug-likeness (QED) is 0.436. The number of carbonyl (C=O) groups is 1. The van der Waals surface area contributed by atoms with Crippen LogP contribution in [0.4, 0.5) is 10.1 Å². The van der Waals surface area contributed by atoms with Crippen LogP contribution in [0, 0.1) is 12.7 Å². The van der Waals surface area contributed by atoms with Gasteiger partial charge in [-0.25, -0.2) is 9.07 Å². The smallest absolute Gasteiger partial charge is 0.276 e. The summed E-state index contributed by atoms with van der Waals surface area (Å²) in [6.45, 7) is 1.85. The second-order valence-electron chi connectivity index (χ2n) is 7.60. The van der Waals surface area contributed by atoms with Gasteiger partial charge in [-0.2, -0.15) is 9.78 Å². The Morgan fingerprint density at radius 2 is 1.74 bits per heavy atom. The zero-order valence-corrected chi connectivity index (χ0v) is 18.0. The summed E-state index contributed by atoms with van der Waals surface area (Å²) in [4.78, 5) is 26.3. The van der Waals surface area contributed by atoms with E-state index in [-0.39, 0.29) is 23.5 Å². The maximum Gasteiger partial charge on any atom is 0.276 e. The van der Waals surface area contributed by atoms with E-state index in [1.807, 2.05) is 30.3 Å². The first-order valence-electron chi connectivity index (χ1n) is 10.4. The monoisotopic (exact) mass is 455 g/mol. The van der Waals surface area contributed by atoms with Crippen molar-refractivity contribution >= 4 is 22.4 Å². The third-order valence-electron chi connectivity index (χ3n) is 5.32. The van der Waals surface area contributed by atoms with Crippen LogP contribution in [0.1, 0.15) is 21.9 Å². The average Bonchev–Trinajstić information content (AvgIpc) is 3.28. The fraction of sp³-hybridized carbons (Fsp3) is 0.0833. The Morgan fingerprint density at radius 1 is 1.00 bits per heavy atom. The van der Waals surface area contributed by atoms with Crippen molar-refractivity contribution in [1.82, 2.24) is 30.0 Å². The van der Waals surface area contributed by atoms with Crippen molar-refractivity contribution in [2.75, 3.05) is 5.32 Å². The van der Waals surface area contributed by atoms with Gasteiger partial charge in [0.05, 0.1) is 11.9 Å². The minimum absolute atomic E-state index is 0.0793. The van der Waals surface area contributed by atoms with Crippen LogP contribution < -0.4 is 10.9 Å². The van der Waals surface area contributed by atoms with Gasteiger partial charge in [0.25, 0.3) is 11.5 Å². The minimum atomic E-state index is -0.548. The molecule has 5 rings (SSSR count). The lowest BCUT2D eigenvalue weighted by Gasteiger charge is -2.12. The van der Waals surface area contributed by atoms with Crippen LogP contribution in [-0.2, 0) is 6.54 Å². The second-order valence-corrected chi connectivity index (χ2v) is 7.60. The molecule has 0 saturated heterocycles. The van der Waals surface area contributed by atoms with E-state index in [1.54, 1.807) is 31.2 Å². The number of aromatic nitrogens is 6. The first-order chi connectivity index (χ1) is 16.5. The predicted molar refractivity (Wildman–Crippen MR) is 123 cm³/mol. The molecule has 5 aromatic rings. The van der Waals surface area contributed by atoms with E-state index in [9.17, 15) is 14.0 Å². The van der Waals surface area contributed by atoms with E-state index in [0.717, 1.165) is 5.56 Å². The van der Waals surface area contributed by atoms with Crippen molar-refractivity contribution in [3.8, 4) is 5.69 Å². The fourth-order valence-electron chi connectivity index (χ4n) is 3.66. The molecule has 0 bridgehead atoms. The molecule has 9 nitrogen and oxygen atoms in total. The van der Waals surface area contributed by atoms with Crippen LogP contribution in [0.3, 0.4) is 0 Å². The SMILES string of the molecule is Cc1nnnn1-c1cc(NC(=O)c2nn(Cc3ccccc3)c(=O)c3ccccc23)ccc1F. The Balaban J connectivity index is 1.54. The Hall–Kier alpha value is -4.73. The Bertz CT molecular complexity index is 1580. The Morgan fingerprint density at radius 3 is 2.47 bits per heavy atom. The van der Waals surface area contributed by atoms with Gasteiger partial charge in [-0.15, -0.1) is 5.10 Å². The lowest BCUT2D eigenvalue weighted by Crippen LogP contribution is -2.28. The molecule has 1 N–H and O–H groups in total. The highest BCUT2D eigenvalue weighted by Crippen LogP contribution is 2.21. The summed E-state index contributed by atoms with van der Waals surface area (Å²) in [6.07, 6.45) is 0. The number of tetrazole rings is 1. The summed E-state index contributed by atoms with van der Waals surface area (Å²) < 4.78 is 16.9. The van der Waals surface area contributed by atoms with Crippen LogP contribution in [0.2, 0.25) is 0 Å². The number of aryl methyl sites for hydroxylation is 1. The van der Waals surface area contributed by atoms with Crippen LogP contribution in [0.15, 0.2) is 77.6 Å². The number of nitrogens with zero attached hydrogens (tertiary/aromatic N) is 6. The molecular weight excluding hydrogens is 437 g/mol. The molecule has 0 unspecified atom stereocenters. The third-order valence-corrected chi connectivity index (χ3v) is 5.32. The molecule has 2 aromatic heterocycles. The van der Waals surface area contributed by atoms with Gasteiger partial charge in [0.1, 0.15) is 11.5 Å². The van der Waals surface area contributed by atoms with Crippen molar-refractivity contribution in [3.63, 3.8) is 0 Å². The number of benzene rings is 3. The van der Waals surface area contributed by atoms with Crippen LogP contribution in [-0.4, -0.2) is 35.9 Å². The van der Waals surface area contributed by atoms with E-state index in [1.165, 1.54) is 27.6 Å². The molecule has 0 saturated carbocycles. The summed E-state index contributed by atoms with van der Waals surface area (Å²) in [5.74, 6) is -0.694. The molecule has 3 aromatic carbocycles. The summed E-state index contributed by atoms with van der Waals surface area (Å²) in [7, 11) is 0. The standard InChI is InChI=1S/C24H18FN7O2/c1-15-27-29-30-32(15)21-13-17(11-12-20(21)25)26-23(33)22-18-9-5-6-10-19(18)24(34)31(28-22)14-16-7-3-2-4-8-16/h2-13H,14H2,1H3,(H,26,33). The Kier molecular flexibility index (Phi) is 5.38. The lowest BCUT2D eigenvalue weighted by molar-refractivity contribution is 0.102. The number of nitrogens with one attached hydrogen (secondary N) is 1. The number of hydrogen-bond acceptors (Lipinski definition) is 6. The van der Waals surface area contributed by atoms with Gasteiger partial charge in [-0.05, 0) is 47.2 Å². The molecule has 1 amide bonds. The number of halogens is 1. The highest BCUT2D eigenvalue weighted by Gasteiger charge is 2.18. The number of hydrogen-bond donors (Lipinski definition) is 1. The molecule has 0 aliphatic rings. The summed E-state index contributed by atoms with van der Waals surface area (Å²) in [6, 6.07) is 20.3. The number of fused-ring (bicyclic) bond motifs is 1. The lowest BCUT2D eigenvalue weighted by atomic mass is 10.1. The van der Waals surface area contributed by atoms with Crippen LogP contribution >= 0.6 is 0 Å². The summed E-state index contributed by atoms with van der Waals surface area (Å²) >= 11 is 0. The molecule has 0 aliphatic heterocycles. The van der Waals surface area contributed by atoms with Gasteiger partial charge in [0.15, 0.2) is 11.5 Å². The van der Waals surface area contributed by atoms with Crippen molar-refractivity contribution in [2.24, 2.45) is 0 Å². The van der Waals surface area contributed by atoms with Gasteiger partial charge in [0.2, 0.25) is 0 Å². The van der Waals surface area contributed by atoms with Gasteiger partial charge in [-0.3, -0.25) is 9.59 Å². The Labute approximate surface area is 192 Å². The van der Waals surface area contributed by atoms with Gasteiger partial charge < -0.3 is 5.32 Å². The minimum Gasteiger partial charge on any atom is -0.320 e. The first kappa shape index (κ1) is 21.1. The van der Waals surface area contributed by atoms with E-state index in [0.29, 0.717) is 22.3 Å². The number of amides is 1. The van der Waals surface area contributed by atoms with E-state index >= 15 is 0 Å². The summed E-state index contributed by atoms with van der Waals surface area (Å²) in [5.41, 5.74) is 1.07. The van der Waals surface area contributed by atoms with Crippen molar-refractivity contribution in [2.45, 2.75) is 13.5 Å². The predicted octanol–water partition coefficient (Wildman–Crippen LogP) is 3.12. The molecule has 34 heavy (non-hydrogen) atoms. The molecule has 0 fully saturated rings. The zero-order chi connectivity index (χ0) is 23.7. The van der Waals surface area contributed by atoms with Gasteiger partial charge >= 0.3 is 0 Å². The highest BCUT2D eigenvalue weighted by atomic mass is 19.1. The normalized spacial score (nSPS) is 11.0.